The van der Waals surface area contributed by atoms with E-state index in [9.17, 15) is 9.59 Å². The van der Waals surface area contributed by atoms with E-state index >= 15 is 0 Å². The molecule has 0 aliphatic carbocycles. The van der Waals surface area contributed by atoms with Gasteiger partial charge in [-0.05, 0) is 116 Å². The number of methoxy groups -OCH3 is 1. The van der Waals surface area contributed by atoms with E-state index in [-0.39, 0.29) is 11.5 Å². The number of hydrogen-bond donors (Lipinski definition) is 0. The number of aryl methyl sites for hydroxylation is 1. The highest BCUT2D eigenvalue weighted by atomic mass is 127. The highest BCUT2D eigenvalue weighted by Gasteiger charge is 2.36. The molecule has 45 heavy (non-hydrogen) atoms. The molecule has 0 unspecified atom stereocenters. The van der Waals surface area contributed by atoms with Gasteiger partial charge in [0, 0.05) is 39.3 Å². The number of halogens is 1. The molecule has 1 aliphatic heterocycles. The highest BCUT2D eigenvalue weighted by Crippen LogP contribution is 2.40. The number of fused-ring (bicyclic) bond motifs is 2. The molecule has 0 saturated heterocycles. The molecule has 7 nitrogen and oxygen atoms in total. The maximum atomic E-state index is 14.5. The third-order valence-corrected chi connectivity index (χ3v) is 10.3. The number of carbonyl (C=O) groups excluding carboxylic acids is 1. The summed E-state index contributed by atoms with van der Waals surface area (Å²) >= 11 is 3.66. The molecule has 3 heterocycles. The Kier molecular flexibility index (Phi) is 8.58. The van der Waals surface area contributed by atoms with E-state index in [1.807, 2.05) is 63.2 Å². The summed E-state index contributed by atoms with van der Waals surface area (Å²) < 4.78 is 11.6. The van der Waals surface area contributed by atoms with E-state index in [0.29, 0.717) is 39.4 Å². The van der Waals surface area contributed by atoms with Crippen molar-refractivity contribution in [2.45, 2.75) is 40.7 Å². The van der Waals surface area contributed by atoms with Gasteiger partial charge in [-0.2, -0.15) is 0 Å². The Hall–Kier alpha value is -3.96. The van der Waals surface area contributed by atoms with Crippen LogP contribution in [0.1, 0.15) is 49.3 Å². The molecule has 1 aliphatic rings. The van der Waals surface area contributed by atoms with Crippen LogP contribution in [0, 0.1) is 17.4 Å². The van der Waals surface area contributed by atoms with Crippen molar-refractivity contribution in [1.29, 1.82) is 0 Å². The van der Waals surface area contributed by atoms with Crippen molar-refractivity contribution in [3.63, 3.8) is 0 Å². The van der Waals surface area contributed by atoms with Crippen LogP contribution in [0.15, 0.2) is 87.8 Å². The number of ether oxygens (including phenoxy) is 1. The van der Waals surface area contributed by atoms with E-state index in [2.05, 4.69) is 71.3 Å². The van der Waals surface area contributed by atoms with Gasteiger partial charge in [0.1, 0.15) is 11.8 Å². The van der Waals surface area contributed by atoms with E-state index in [0.717, 1.165) is 39.0 Å². The first-order valence-corrected chi connectivity index (χ1v) is 16.9. The number of rotatable bonds is 7. The molecule has 2 aromatic heterocycles. The van der Waals surface area contributed by atoms with Crippen LogP contribution >= 0.6 is 33.9 Å². The SMILES string of the molecule is CCN(CC)C(=O)C1=C(C)N=c2s/c(=C/c3cc(C)n(-c4ccc(I)cc4)c3C)c(=O)n2[C@@H]1c1c(OC)ccc2ccccc12. The Labute approximate surface area is 279 Å². The third-order valence-electron chi connectivity index (χ3n) is 8.57. The Bertz CT molecular complexity index is 2170. The zero-order valence-electron chi connectivity index (χ0n) is 26.2. The molecule has 230 valence electrons. The molecule has 1 amide bonds. The minimum atomic E-state index is -0.711. The van der Waals surface area contributed by atoms with Crippen molar-refractivity contribution in [3.8, 4) is 11.4 Å². The van der Waals surface area contributed by atoms with Crippen molar-refractivity contribution in [1.82, 2.24) is 14.0 Å². The van der Waals surface area contributed by atoms with Gasteiger partial charge in [-0.1, -0.05) is 41.7 Å². The summed E-state index contributed by atoms with van der Waals surface area (Å²) in [6, 6.07) is 21.7. The van der Waals surface area contributed by atoms with Crippen LogP contribution in [0.4, 0.5) is 0 Å². The van der Waals surface area contributed by atoms with Crippen LogP contribution < -0.4 is 19.6 Å². The predicted octanol–water partition coefficient (Wildman–Crippen LogP) is 6.28. The fraction of sp³-hybridized carbons (Fsp3) is 0.250. The molecular weight excluding hydrogens is 695 g/mol. The largest absolute Gasteiger partial charge is 0.496 e. The summed E-state index contributed by atoms with van der Waals surface area (Å²) in [6.45, 7) is 11.0. The first kappa shape index (κ1) is 31.0. The summed E-state index contributed by atoms with van der Waals surface area (Å²) in [5, 5.41) is 1.93. The van der Waals surface area contributed by atoms with Crippen molar-refractivity contribution in [2.24, 2.45) is 4.99 Å². The number of allylic oxidation sites excluding steroid dienone is 1. The lowest BCUT2D eigenvalue weighted by atomic mass is 9.90. The first-order valence-electron chi connectivity index (χ1n) is 15.0. The van der Waals surface area contributed by atoms with E-state index < -0.39 is 6.04 Å². The number of carbonyl (C=O) groups is 1. The molecule has 1 atom stereocenters. The van der Waals surface area contributed by atoms with Gasteiger partial charge in [0.05, 0.1) is 22.9 Å². The van der Waals surface area contributed by atoms with E-state index in [1.54, 1.807) is 16.6 Å². The number of hydrogen-bond acceptors (Lipinski definition) is 5. The van der Waals surface area contributed by atoms with Gasteiger partial charge in [-0.3, -0.25) is 14.2 Å². The summed E-state index contributed by atoms with van der Waals surface area (Å²) in [4.78, 5) is 35.9. The standard InChI is InChI=1S/C36H35IN4O3S/c1-7-39(8-2)35(43)31-22(4)38-36-41(33(31)32-28-12-10-9-11-24(28)13-18-29(32)44-6)34(42)30(45-36)20-25-19-21(3)40(23(25)5)27-16-14-26(37)15-17-27/h9-20,33H,7-8H2,1-6H3/b30-20+/t33-/m0/s1. The number of aromatic nitrogens is 2. The second-order valence-corrected chi connectivity index (χ2v) is 13.4. The van der Waals surface area contributed by atoms with E-state index in [4.69, 9.17) is 9.73 Å². The number of benzene rings is 3. The molecule has 5 aromatic rings. The fourth-order valence-corrected chi connectivity index (χ4v) is 7.74. The summed E-state index contributed by atoms with van der Waals surface area (Å²) in [6.07, 6.45) is 1.96. The Balaban J connectivity index is 1.61. The molecule has 3 aromatic carbocycles. The molecule has 0 bridgehead atoms. The minimum Gasteiger partial charge on any atom is -0.496 e. The molecule has 0 saturated carbocycles. The summed E-state index contributed by atoms with van der Waals surface area (Å²) in [5.74, 6) is 0.491. The average molecular weight is 731 g/mol. The topological polar surface area (TPSA) is 68.8 Å². The molecular formula is C36H35IN4O3S. The van der Waals surface area contributed by atoms with Crippen LogP contribution in [0.3, 0.4) is 0 Å². The predicted molar refractivity (Wildman–Crippen MR) is 190 cm³/mol. The highest BCUT2D eigenvalue weighted by molar-refractivity contribution is 14.1. The number of nitrogens with zero attached hydrogens (tertiary/aromatic N) is 4. The smallest absolute Gasteiger partial charge is 0.271 e. The lowest BCUT2D eigenvalue weighted by Crippen LogP contribution is -2.43. The van der Waals surface area contributed by atoms with Crippen LogP contribution in [0.25, 0.3) is 22.5 Å². The van der Waals surface area contributed by atoms with Gasteiger partial charge in [0.15, 0.2) is 4.80 Å². The Morgan fingerprint density at radius 2 is 1.76 bits per heavy atom. The first-order chi connectivity index (χ1) is 21.7. The van der Waals surface area contributed by atoms with Gasteiger partial charge in [-0.15, -0.1) is 0 Å². The van der Waals surface area contributed by atoms with Gasteiger partial charge in [0.25, 0.3) is 11.5 Å². The molecule has 0 N–H and O–H groups in total. The molecule has 0 spiro atoms. The number of amides is 1. The lowest BCUT2D eigenvalue weighted by molar-refractivity contribution is -0.127. The van der Waals surface area contributed by atoms with Crippen LogP contribution in [0.5, 0.6) is 5.75 Å². The van der Waals surface area contributed by atoms with Crippen molar-refractivity contribution >= 4 is 56.7 Å². The average Bonchev–Trinajstić information content (AvgIpc) is 3.49. The molecule has 6 rings (SSSR count). The second-order valence-electron chi connectivity index (χ2n) is 11.1. The second kappa shape index (κ2) is 12.4. The number of thiazole rings is 1. The van der Waals surface area contributed by atoms with Crippen molar-refractivity contribution in [3.05, 3.63) is 124 Å². The number of likely N-dealkylation sites (N-methyl/N-ethyl adjacent to an activating group) is 1. The normalized spacial score (nSPS) is 14.9. The Morgan fingerprint density at radius 1 is 1.04 bits per heavy atom. The van der Waals surface area contributed by atoms with E-state index in [1.165, 1.54) is 14.9 Å². The summed E-state index contributed by atoms with van der Waals surface area (Å²) in [7, 11) is 1.63. The van der Waals surface area contributed by atoms with Crippen LogP contribution in [-0.2, 0) is 4.79 Å². The van der Waals surface area contributed by atoms with Gasteiger partial charge in [-0.25, -0.2) is 4.99 Å². The quantitative estimate of drug-likeness (QED) is 0.185. The maximum absolute atomic E-state index is 14.5. The van der Waals surface area contributed by atoms with Gasteiger partial charge >= 0.3 is 0 Å². The van der Waals surface area contributed by atoms with Crippen LogP contribution in [-0.4, -0.2) is 40.1 Å². The Morgan fingerprint density at radius 3 is 2.44 bits per heavy atom. The summed E-state index contributed by atoms with van der Waals surface area (Å²) in [5.41, 5.74) is 5.85. The van der Waals surface area contributed by atoms with Gasteiger partial charge in [0.2, 0.25) is 0 Å². The molecule has 0 radical (unpaired) electrons. The fourth-order valence-electron chi connectivity index (χ4n) is 6.35. The third kappa shape index (κ3) is 5.35. The van der Waals surface area contributed by atoms with Gasteiger partial charge < -0.3 is 14.2 Å². The zero-order valence-corrected chi connectivity index (χ0v) is 29.2. The monoisotopic (exact) mass is 730 g/mol. The molecule has 9 heteroatoms. The van der Waals surface area contributed by atoms with Crippen molar-refractivity contribution < 1.29 is 9.53 Å². The minimum absolute atomic E-state index is 0.128. The lowest BCUT2D eigenvalue weighted by Gasteiger charge is -2.30. The molecule has 0 fully saturated rings. The van der Waals surface area contributed by atoms with Crippen LogP contribution in [0.2, 0.25) is 0 Å². The maximum Gasteiger partial charge on any atom is 0.271 e. The van der Waals surface area contributed by atoms with Crippen molar-refractivity contribution in [2.75, 3.05) is 20.2 Å². The zero-order chi connectivity index (χ0) is 32.0.